The van der Waals surface area contributed by atoms with Gasteiger partial charge in [-0.1, -0.05) is 57.3 Å². The first-order valence-electron chi connectivity index (χ1n) is 5.42. The first-order valence-corrected chi connectivity index (χ1v) is 6.21. The lowest BCUT2D eigenvalue weighted by Gasteiger charge is -2.08. The highest BCUT2D eigenvalue weighted by Gasteiger charge is 2.03. The number of hydrogen-bond acceptors (Lipinski definition) is 0. The van der Waals surface area contributed by atoms with Crippen LogP contribution in [0, 0.1) is 13.8 Å². The van der Waals surface area contributed by atoms with Gasteiger partial charge in [-0.15, -0.1) is 0 Å². The van der Waals surface area contributed by atoms with E-state index in [-0.39, 0.29) is 0 Å². The van der Waals surface area contributed by atoms with Crippen LogP contribution in [-0.4, -0.2) is 7.85 Å². The Hall–Kier alpha value is -1.02. The van der Waals surface area contributed by atoms with Gasteiger partial charge in [0.1, 0.15) is 7.85 Å². The Bertz CT molecular complexity index is 492. The lowest BCUT2D eigenvalue weighted by molar-refractivity contribution is 1.44. The minimum absolute atomic E-state index is 1.18. The molecular weight excluding hydrogens is 259 g/mol. The van der Waals surface area contributed by atoms with E-state index >= 15 is 0 Å². The molecule has 0 heterocycles. The van der Waals surface area contributed by atoms with Crippen molar-refractivity contribution in [3.05, 3.63) is 52.0 Å². The van der Waals surface area contributed by atoms with Crippen molar-refractivity contribution in [3.8, 4) is 11.1 Å². The van der Waals surface area contributed by atoms with Crippen molar-refractivity contribution in [2.75, 3.05) is 0 Å². The van der Waals surface area contributed by atoms with Gasteiger partial charge in [-0.3, -0.25) is 0 Å². The molecule has 0 saturated heterocycles. The molecule has 0 aliphatic carbocycles. The van der Waals surface area contributed by atoms with Gasteiger partial charge < -0.3 is 0 Å². The second-order valence-electron chi connectivity index (χ2n) is 4.27. The zero-order chi connectivity index (χ0) is 11.7. The third-order valence-corrected chi connectivity index (χ3v) is 3.81. The monoisotopic (exact) mass is 272 g/mol. The van der Waals surface area contributed by atoms with Crippen LogP contribution >= 0.6 is 15.9 Å². The van der Waals surface area contributed by atoms with E-state index in [9.17, 15) is 0 Å². The van der Waals surface area contributed by atoms with Crippen LogP contribution < -0.4 is 5.46 Å². The predicted molar refractivity (Wildman–Crippen MR) is 77.2 cm³/mol. The van der Waals surface area contributed by atoms with Crippen LogP contribution in [0.3, 0.4) is 0 Å². The Morgan fingerprint density at radius 1 is 0.938 bits per heavy atom. The maximum atomic E-state index is 3.61. The number of aryl methyl sites for hydroxylation is 1. The van der Waals surface area contributed by atoms with E-state index in [2.05, 4.69) is 74.0 Å². The van der Waals surface area contributed by atoms with Gasteiger partial charge in [0.2, 0.25) is 0 Å². The van der Waals surface area contributed by atoms with Crippen molar-refractivity contribution < 1.29 is 0 Å². The van der Waals surface area contributed by atoms with Crippen molar-refractivity contribution in [1.82, 2.24) is 0 Å². The van der Waals surface area contributed by atoms with Gasteiger partial charge in [0.25, 0.3) is 0 Å². The van der Waals surface area contributed by atoms with Gasteiger partial charge in [-0.05, 0) is 36.6 Å². The van der Waals surface area contributed by atoms with Crippen LogP contribution in [-0.2, 0) is 0 Å². The van der Waals surface area contributed by atoms with E-state index in [1.54, 1.807) is 0 Å². The number of hydrogen-bond donors (Lipinski definition) is 0. The number of halogens is 1. The molecule has 0 aliphatic heterocycles. The molecule has 2 aromatic carbocycles. The fourth-order valence-corrected chi connectivity index (χ4v) is 2.29. The molecule has 2 rings (SSSR count). The maximum Gasteiger partial charge on any atom is 0.139 e. The largest absolute Gasteiger partial charge is 0.139 e. The molecule has 0 fully saturated rings. The molecule has 16 heavy (non-hydrogen) atoms. The Labute approximate surface area is 106 Å². The third kappa shape index (κ3) is 2.22. The average molecular weight is 273 g/mol. The van der Waals surface area contributed by atoms with Crippen LogP contribution in [0.4, 0.5) is 0 Å². The summed E-state index contributed by atoms with van der Waals surface area (Å²) in [4.78, 5) is 0. The standard InChI is InChI=1S/C14H14BBr/c1-9-3-5-11(6-4-9)12-7-13(15)10(2)14(16)8-12/h3-8H,15H2,1-2H3. The quantitative estimate of drug-likeness (QED) is 0.701. The first kappa shape index (κ1) is 11.5. The summed E-state index contributed by atoms with van der Waals surface area (Å²) in [5, 5.41) is 0. The predicted octanol–water partition coefficient (Wildman–Crippen LogP) is 2.99. The Morgan fingerprint density at radius 3 is 2.12 bits per heavy atom. The van der Waals surface area contributed by atoms with E-state index in [0.717, 1.165) is 0 Å². The lowest BCUT2D eigenvalue weighted by Crippen LogP contribution is -2.07. The molecule has 0 aliphatic rings. The van der Waals surface area contributed by atoms with Crippen molar-refractivity contribution in [3.63, 3.8) is 0 Å². The molecule has 0 N–H and O–H groups in total. The Kier molecular flexibility index (Phi) is 3.20. The van der Waals surface area contributed by atoms with Crippen molar-refractivity contribution in [1.29, 1.82) is 0 Å². The zero-order valence-corrected chi connectivity index (χ0v) is 11.4. The topological polar surface area (TPSA) is 0 Å². The number of rotatable bonds is 1. The normalized spacial score (nSPS) is 10.4. The van der Waals surface area contributed by atoms with Crippen molar-refractivity contribution in [2.24, 2.45) is 0 Å². The highest BCUT2D eigenvalue weighted by Crippen LogP contribution is 2.24. The van der Waals surface area contributed by atoms with Crippen LogP contribution in [0.5, 0.6) is 0 Å². The summed E-state index contributed by atoms with van der Waals surface area (Å²) in [6, 6.07) is 13.1. The smallest absolute Gasteiger partial charge is 0.0844 e. The van der Waals surface area contributed by atoms with Crippen LogP contribution in [0.2, 0.25) is 0 Å². The van der Waals surface area contributed by atoms with E-state index < -0.39 is 0 Å². The summed E-state index contributed by atoms with van der Waals surface area (Å²) >= 11 is 3.61. The molecule has 0 saturated carbocycles. The lowest BCUT2D eigenvalue weighted by atomic mass is 9.88. The van der Waals surface area contributed by atoms with Crippen LogP contribution in [0.1, 0.15) is 11.1 Å². The Morgan fingerprint density at radius 2 is 1.56 bits per heavy atom. The summed E-state index contributed by atoms with van der Waals surface area (Å²) in [6.45, 7) is 4.25. The van der Waals surface area contributed by atoms with E-state index in [4.69, 9.17) is 0 Å². The molecule has 0 aromatic heterocycles. The Balaban J connectivity index is 2.52. The third-order valence-electron chi connectivity index (χ3n) is 2.99. The molecule has 2 aromatic rings. The molecule has 80 valence electrons. The molecule has 0 atom stereocenters. The van der Waals surface area contributed by atoms with Crippen LogP contribution in [0.25, 0.3) is 11.1 Å². The molecule has 0 amide bonds. The molecular formula is C14H14BBr. The summed E-state index contributed by atoms with van der Waals surface area (Å²) in [5.74, 6) is 0. The van der Waals surface area contributed by atoms with E-state index in [1.807, 2.05) is 0 Å². The second-order valence-corrected chi connectivity index (χ2v) is 5.12. The first-order chi connectivity index (χ1) is 7.58. The van der Waals surface area contributed by atoms with E-state index in [1.165, 1.54) is 32.2 Å². The minimum Gasteiger partial charge on any atom is -0.0844 e. The summed E-state index contributed by atoms with van der Waals surface area (Å²) < 4.78 is 1.18. The highest BCUT2D eigenvalue weighted by atomic mass is 79.9. The van der Waals surface area contributed by atoms with Crippen molar-refractivity contribution in [2.45, 2.75) is 13.8 Å². The average Bonchev–Trinajstić information content (AvgIpc) is 2.26. The molecule has 0 nitrogen and oxygen atoms in total. The summed E-state index contributed by atoms with van der Waals surface area (Å²) in [5.41, 5.74) is 6.48. The minimum atomic E-state index is 1.18. The van der Waals surface area contributed by atoms with Crippen molar-refractivity contribution >= 4 is 29.2 Å². The molecule has 0 spiro atoms. The molecule has 0 radical (unpaired) electrons. The SMILES string of the molecule is Bc1cc(-c2ccc(C)cc2)cc(Br)c1C. The van der Waals surface area contributed by atoms with Gasteiger partial charge in [-0.25, -0.2) is 0 Å². The zero-order valence-electron chi connectivity index (χ0n) is 9.84. The molecule has 2 heteroatoms. The highest BCUT2D eigenvalue weighted by molar-refractivity contribution is 9.10. The molecule has 0 bridgehead atoms. The maximum absolute atomic E-state index is 3.61. The summed E-state index contributed by atoms with van der Waals surface area (Å²) in [7, 11) is 2.15. The van der Waals surface area contributed by atoms with Crippen LogP contribution in [0.15, 0.2) is 40.9 Å². The van der Waals surface area contributed by atoms with Gasteiger partial charge in [0, 0.05) is 4.47 Å². The van der Waals surface area contributed by atoms with E-state index in [0.29, 0.717) is 0 Å². The fraction of sp³-hybridized carbons (Fsp3) is 0.143. The van der Waals surface area contributed by atoms with Gasteiger partial charge >= 0.3 is 0 Å². The van der Waals surface area contributed by atoms with Gasteiger partial charge in [0.15, 0.2) is 0 Å². The second kappa shape index (κ2) is 4.46. The van der Waals surface area contributed by atoms with Gasteiger partial charge in [-0.2, -0.15) is 0 Å². The summed E-state index contributed by atoms with van der Waals surface area (Å²) in [6.07, 6.45) is 0. The number of benzene rings is 2. The molecule has 0 unspecified atom stereocenters. The van der Waals surface area contributed by atoms with Gasteiger partial charge in [0.05, 0.1) is 0 Å². The fourth-order valence-electron chi connectivity index (χ4n) is 1.73.